The highest BCUT2D eigenvalue weighted by molar-refractivity contribution is 5.92. The zero-order chi connectivity index (χ0) is 27.1. The van der Waals surface area contributed by atoms with Crippen LogP contribution in [0, 0.1) is 17.2 Å². The number of rotatable bonds is 11. The molecule has 1 unspecified atom stereocenters. The second-order valence-corrected chi connectivity index (χ2v) is 10.2. The predicted molar refractivity (Wildman–Crippen MR) is 143 cm³/mol. The van der Waals surface area contributed by atoms with Gasteiger partial charge in [0.05, 0.1) is 18.2 Å². The van der Waals surface area contributed by atoms with Crippen LogP contribution in [0.2, 0.25) is 0 Å². The molecule has 4 N–H and O–H groups in total. The number of nitrogens with zero attached hydrogens (tertiary/aromatic N) is 1. The number of carbonyl (C=O) groups is 3. The minimum atomic E-state index is -0.938. The fraction of sp³-hybridized carbons (Fsp3) is 0.448. The first-order valence-corrected chi connectivity index (χ1v) is 13.2. The van der Waals surface area contributed by atoms with Gasteiger partial charge < -0.3 is 26.0 Å². The number of para-hydroxylation sites is 1. The van der Waals surface area contributed by atoms with Gasteiger partial charge in [-0.2, -0.15) is 5.26 Å². The van der Waals surface area contributed by atoms with E-state index in [4.69, 9.17) is 4.74 Å². The van der Waals surface area contributed by atoms with E-state index in [0.29, 0.717) is 19.4 Å². The Morgan fingerprint density at radius 1 is 1.11 bits per heavy atom. The Labute approximate surface area is 223 Å². The number of hydrogen-bond donors (Lipinski definition) is 4. The van der Waals surface area contributed by atoms with Gasteiger partial charge in [0.1, 0.15) is 12.1 Å². The van der Waals surface area contributed by atoms with Gasteiger partial charge in [-0.3, -0.25) is 14.4 Å². The molecule has 0 saturated carbocycles. The van der Waals surface area contributed by atoms with Gasteiger partial charge in [-0.15, -0.1) is 0 Å². The highest BCUT2D eigenvalue weighted by Crippen LogP contribution is 2.25. The highest BCUT2D eigenvalue weighted by Gasteiger charge is 2.35. The molecule has 2 aromatic rings. The maximum absolute atomic E-state index is 13.7. The van der Waals surface area contributed by atoms with E-state index in [-0.39, 0.29) is 36.7 Å². The molecule has 2 aliphatic rings. The summed E-state index contributed by atoms with van der Waals surface area (Å²) in [7, 11) is 0. The number of fused-ring (bicyclic) bond motifs is 1. The van der Waals surface area contributed by atoms with Crippen LogP contribution < -0.4 is 21.3 Å². The number of hydrogen-bond acceptors (Lipinski definition) is 6. The molecule has 9 nitrogen and oxygen atoms in total. The number of amides is 3. The zero-order valence-corrected chi connectivity index (χ0v) is 21.8. The van der Waals surface area contributed by atoms with Crippen molar-refractivity contribution in [1.82, 2.24) is 16.0 Å². The summed E-state index contributed by atoms with van der Waals surface area (Å²) in [5.41, 5.74) is 2.85. The quantitative estimate of drug-likeness (QED) is 0.361. The fourth-order valence-electron chi connectivity index (χ4n) is 5.01. The lowest BCUT2D eigenvalue weighted by Crippen LogP contribution is -2.56. The first-order valence-electron chi connectivity index (χ1n) is 13.2. The SMILES string of the molecule is CC(C)O[C@H](C#N)[C@H](C[C@@H]1CCNC1=O)NC(=O)[C@H](Cc1ccccc1)NC(=O)C1Cc2ccccc2N1. The molecule has 4 rings (SSSR count). The van der Waals surface area contributed by atoms with E-state index < -0.39 is 30.1 Å². The molecule has 1 fully saturated rings. The van der Waals surface area contributed by atoms with Gasteiger partial charge in [0, 0.05) is 31.0 Å². The normalized spacial score (nSPS) is 20.4. The smallest absolute Gasteiger partial charge is 0.243 e. The van der Waals surface area contributed by atoms with Crippen molar-refractivity contribution < 1.29 is 19.1 Å². The van der Waals surface area contributed by atoms with Crippen molar-refractivity contribution in [2.45, 2.75) is 69.9 Å². The van der Waals surface area contributed by atoms with Gasteiger partial charge >= 0.3 is 0 Å². The summed E-state index contributed by atoms with van der Waals surface area (Å²) in [5.74, 6) is -1.12. The van der Waals surface area contributed by atoms with Gasteiger partial charge in [0.15, 0.2) is 6.10 Å². The van der Waals surface area contributed by atoms with E-state index in [1.165, 1.54) is 0 Å². The van der Waals surface area contributed by atoms with E-state index in [1.54, 1.807) is 0 Å². The molecule has 0 spiro atoms. The lowest BCUT2D eigenvalue weighted by molar-refractivity contribution is -0.130. The molecule has 9 heteroatoms. The van der Waals surface area contributed by atoms with E-state index in [1.807, 2.05) is 68.4 Å². The maximum Gasteiger partial charge on any atom is 0.243 e. The summed E-state index contributed by atoms with van der Waals surface area (Å²) < 4.78 is 5.80. The van der Waals surface area contributed by atoms with Gasteiger partial charge in [-0.1, -0.05) is 48.5 Å². The first-order chi connectivity index (χ1) is 18.3. The van der Waals surface area contributed by atoms with Gasteiger partial charge in [0.25, 0.3) is 0 Å². The number of ether oxygens (including phenoxy) is 1. The van der Waals surface area contributed by atoms with Crippen LogP contribution >= 0.6 is 0 Å². The molecule has 200 valence electrons. The Hall–Kier alpha value is -3.90. The summed E-state index contributed by atoms with van der Waals surface area (Å²) in [6, 6.07) is 17.3. The number of nitrogens with one attached hydrogen (secondary N) is 4. The Bertz CT molecular complexity index is 1150. The van der Waals surface area contributed by atoms with Crippen LogP contribution in [-0.4, -0.2) is 54.6 Å². The molecular weight excluding hydrogens is 482 g/mol. The largest absolute Gasteiger partial charge is 0.373 e. The van der Waals surface area contributed by atoms with E-state index in [9.17, 15) is 19.6 Å². The molecule has 0 aliphatic carbocycles. The van der Waals surface area contributed by atoms with E-state index in [2.05, 4.69) is 27.3 Å². The lowest BCUT2D eigenvalue weighted by atomic mass is 9.94. The van der Waals surface area contributed by atoms with Crippen molar-refractivity contribution >= 4 is 23.4 Å². The van der Waals surface area contributed by atoms with Gasteiger partial charge in [0.2, 0.25) is 17.7 Å². The van der Waals surface area contributed by atoms with E-state index >= 15 is 0 Å². The van der Waals surface area contributed by atoms with Crippen molar-refractivity contribution in [2.75, 3.05) is 11.9 Å². The maximum atomic E-state index is 13.7. The van der Waals surface area contributed by atoms with Crippen LogP contribution in [0.5, 0.6) is 0 Å². The molecule has 0 radical (unpaired) electrons. The average Bonchev–Trinajstić information content (AvgIpc) is 3.53. The van der Waals surface area contributed by atoms with Crippen molar-refractivity contribution in [3.8, 4) is 6.07 Å². The van der Waals surface area contributed by atoms with Crippen molar-refractivity contribution in [1.29, 1.82) is 5.26 Å². The number of benzene rings is 2. The molecule has 2 heterocycles. The Kier molecular flexibility index (Phi) is 8.98. The molecule has 3 amide bonds. The summed E-state index contributed by atoms with van der Waals surface area (Å²) >= 11 is 0. The van der Waals surface area contributed by atoms with Crippen LogP contribution in [0.4, 0.5) is 5.69 Å². The number of nitriles is 1. The third kappa shape index (κ3) is 6.90. The van der Waals surface area contributed by atoms with Crippen LogP contribution in [0.3, 0.4) is 0 Å². The minimum Gasteiger partial charge on any atom is -0.373 e. The Morgan fingerprint density at radius 2 is 1.84 bits per heavy atom. The molecule has 5 atom stereocenters. The second-order valence-electron chi connectivity index (χ2n) is 10.2. The van der Waals surface area contributed by atoms with Gasteiger partial charge in [-0.05, 0) is 43.9 Å². The Balaban J connectivity index is 1.51. The highest BCUT2D eigenvalue weighted by atomic mass is 16.5. The Morgan fingerprint density at radius 3 is 2.50 bits per heavy atom. The molecular formula is C29H35N5O4. The predicted octanol–water partition coefficient (Wildman–Crippen LogP) is 2.08. The minimum absolute atomic E-state index is 0.0912. The van der Waals surface area contributed by atoms with Gasteiger partial charge in [-0.25, -0.2) is 0 Å². The fourth-order valence-corrected chi connectivity index (χ4v) is 5.01. The van der Waals surface area contributed by atoms with Crippen molar-refractivity contribution in [3.63, 3.8) is 0 Å². The van der Waals surface area contributed by atoms with Crippen LogP contribution in [-0.2, 0) is 32.0 Å². The topological polar surface area (TPSA) is 132 Å². The average molecular weight is 518 g/mol. The number of anilines is 1. The first kappa shape index (κ1) is 27.1. The summed E-state index contributed by atoms with van der Waals surface area (Å²) in [6.07, 6.45) is 0.520. The molecule has 2 aromatic carbocycles. The summed E-state index contributed by atoms with van der Waals surface area (Å²) in [4.78, 5) is 39.2. The molecule has 1 saturated heterocycles. The zero-order valence-electron chi connectivity index (χ0n) is 21.8. The second kappa shape index (κ2) is 12.6. The molecule has 38 heavy (non-hydrogen) atoms. The monoisotopic (exact) mass is 517 g/mol. The van der Waals surface area contributed by atoms with Crippen LogP contribution in [0.1, 0.15) is 37.8 Å². The number of carbonyl (C=O) groups excluding carboxylic acids is 3. The van der Waals surface area contributed by atoms with Crippen LogP contribution in [0.15, 0.2) is 54.6 Å². The van der Waals surface area contributed by atoms with Crippen molar-refractivity contribution in [3.05, 3.63) is 65.7 Å². The summed E-state index contributed by atoms with van der Waals surface area (Å²) in [5, 5.41) is 21.8. The summed E-state index contributed by atoms with van der Waals surface area (Å²) in [6.45, 7) is 4.20. The van der Waals surface area contributed by atoms with Crippen molar-refractivity contribution in [2.24, 2.45) is 5.92 Å². The molecule has 0 aromatic heterocycles. The van der Waals surface area contributed by atoms with Crippen LogP contribution in [0.25, 0.3) is 0 Å². The standard InChI is InChI=1S/C29H35N5O4/c1-18(2)38-26(17-30)23(16-21-12-13-31-27(21)35)33-28(36)24(14-19-8-4-3-5-9-19)34-29(37)25-15-20-10-6-7-11-22(20)32-25/h3-11,18,21,23-26,32H,12-16H2,1-2H3,(H,31,35)(H,33,36)(H,34,37)/t21-,23-,24-,25?,26+/m0/s1. The van der Waals surface area contributed by atoms with E-state index in [0.717, 1.165) is 16.8 Å². The molecule has 2 aliphatic heterocycles. The lowest BCUT2D eigenvalue weighted by Gasteiger charge is -2.29. The third-order valence-corrected chi connectivity index (χ3v) is 6.94. The third-order valence-electron chi connectivity index (χ3n) is 6.94. The molecule has 0 bridgehead atoms.